The van der Waals surface area contributed by atoms with Crippen molar-refractivity contribution < 1.29 is 9.53 Å². The lowest BCUT2D eigenvalue weighted by molar-refractivity contribution is -0.120. The van der Waals surface area contributed by atoms with E-state index in [4.69, 9.17) is 10.5 Å². The fourth-order valence-electron chi connectivity index (χ4n) is 0.791. The molecule has 0 fully saturated rings. The Balaban J connectivity index is 2.27. The number of hydrogen-bond donors (Lipinski definition) is 2. The highest BCUT2D eigenvalue weighted by molar-refractivity contribution is 5.90. The first kappa shape index (κ1) is 10.6. The monoisotopic (exact) mass is 196 g/mol. The molecule has 1 amide bonds. The number of rotatable bonds is 5. The zero-order valence-electron chi connectivity index (χ0n) is 7.64. The van der Waals surface area contributed by atoms with E-state index in [2.05, 4.69) is 15.3 Å². The van der Waals surface area contributed by atoms with Gasteiger partial charge in [0.25, 0.3) is 5.91 Å². The highest BCUT2D eigenvalue weighted by atomic mass is 16.5. The van der Waals surface area contributed by atoms with Crippen molar-refractivity contribution in [2.75, 3.05) is 25.1 Å². The van der Waals surface area contributed by atoms with E-state index in [1.165, 1.54) is 18.6 Å². The molecule has 0 aliphatic heterocycles. The Bertz CT molecular complexity index is 278. The molecule has 0 unspecified atom stereocenters. The lowest BCUT2D eigenvalue weighted by Crippen LogP contribution is -2.21. The van der Waals surface area contributed by atoms with Gasteiger partial charge in [-0.1, -0.05) is 0 Å². The summed E-state index contributed by atoms with van der Waals surface area (Å²) in [5, 5.41) is 2.52. The largest absolute Gasteiger partial charge is 0.370 e. The van der Waals surface area contributed by atoms with Gasteiger partial charge < -0.3 is 15.8 Å². The van der Waals surface area contributed by atoms with Crippen LogP contribution in [-0.4, -0.2) is 35.6 Å². The molecule has 0 aliphatic carbocycles. The van der Waals surface area contributed by atoms with Gasteiger partial charge in [-0.3, -0.25) is 9.78 Å². The molecule has 0 aromatic carbocycles. The summed E-state index contributed by atoms with van der Waals surface area (Å²) in [6.45, 7) is 0.750. The smallest absolute Gasteiger partial charge is 0.251 e. The van der Waals surface area contributed by atoms with E-state index >= 15 is 0 Å². The molecule has 1 heterocycles. The third-order valence-electron chi connectivity index (χ3n) is 1.33. The van der Waals surface area contributed by atoms with Crippen molar-refractivity contribution in [1.82, 2.24) is 9.97 Å². The van der Waals surface area contributed by atoms with E-state index in [0.717, 1.165) is 0 Å². The van der Waals surface area contributed by atoms with Crippen molar-refractivity contribution in [2.45, 2.75) is 0 Å². The van der Waals surface area contributed by atoms with Crippen LogP contribution in [0.3, 0.4) is 0 Å². The van der Waals surface area contributed by atoms with E-state index < -0.39 is 0 Å². The molecule has 0 radical (unpaired) electrons. The lowest BCUT2D eigenvalue weighted by Gasteiger charge is -2.03. The summed E-state index contributed by atoms with van der Waals surface area (Å²) >= 11 is 0. The fourth-order valence-corrected chi connectivity index (χ4v) is 0.791. The van der Waals surface area contributed by atoms with Gasteiger partial charge in [-0.2, -0.15) is 0 Å². The van der Waals surface area contributed by atoms with Crippen LogP contribution >= 0.6 is 0 Å². The molecule has 76 valence electrons. The third-order valence-corrected chi connectivity index (χ3v) is 1.33. The van der Waals surface area contributed by atoms with Crippen molar-refractivity contribution in [2.24, 2.45) is 5.73 Å². The van der Waals surface area contributed by atoms with Gasteiger partial charge in [0.15, 0.2) is 5.82 Å². The molecule has 0 spiro atoms. The maximum atomic E-state index is 11.1. The number of carbonyl (C=O) groups is 1. The van der Waals surface area contributed by atoms with Crippen molar-refractivity contribution in [3.05, 3.63) is 18.6 Å². The fraction of sp³-hybridized carbons (Fsp3) is 0.375. The van der Waals surface area contributed by atoms with E-state index in [1.807, 2.05) is 0 Å². The summed E-state index contributed by atoms with van der Waals surface area (Å²) < 4.78 is 4.93. The van der Waals surface area contributed by atoms with Crippen LogP contribution in [0.5, 0.6) is 0 Å². The molecule has 0 atom stereocenters. The summed E-state index contributed by atoms with van der Waals surface area (Å²) in [6.07, 6.45) is 4.48. The minimum atomic E-state index is -0.265. The number of nitrogens with two attached hydrogens (primary N) is 1. The molecule has 14 heavy (non-hydrogen) atoms. The van der Waals surface area contributed by atoms with Crippen LogP contribution in [0.15, 0.2) is 18.6 Å². The van der Waals surface area contributed by atoms with Gasteiger partial charge in [-0.25, -0.2) is 4.98 Å². The highest BCUT2D eigenvalue weighted by Gasteiger charge is 2.01. The van der Waals surface area contributed by atoms with Crippen LogP contribution in [-0.2, 0) is 9.53 Å². The average Bonchev–Trinajstić information content (AvgIpc) is 2.20. The van der Waals surface area contributed by atoms with Gasteiger partial charge in [0.05, 0.1) is 12.8 Å². The van der Waals surface area contributed by atoms with E-state index in [-0.39, 0.29) is 12.5 Å². The summed E-state index contributed by atoms with van der Waals surface area (Å²) in [5.41, 5.74) is 5.19. The Morgan fingerprint density at radius 1 is 1.57 bits per heavy atom. The minimum absolute atomic E-state index is 0.0201. The Labute approximate surface area is 81.5 Å². The standard InChI is InChI=1S/C8H12N4O2/c9-1-4-14-6-8(13)12-7-5-10-2-3-11-7/h2-3,5H,1,4,6,9H2,(H,11,12,13). The molecule has 1 rings (SSSR count). The Morgan fingerprint density at radius 3 is 3.07 bits per heavy atom. The number of aromatic nitrogens is 2. The van der Waals surface area contributed by atoms with Crippen LogP contribution in [0.1, 0.15) is 0 Å². The zero-order chi connectivity index (χ0) is 10.2. The van der Waals surface area contributed by atoms with Gasteiger partial charge in [-0.15, -0.1) is 0 Å². The summed E-state index contributed by atoms with van der Waals surface area (Å²) in [7, 11) is 0. The predicted octanol–water partition coefficient (Wildman–Crippen LogP) is -0.610. The average molecular weight is 196 g/mol. The number of anilines is 1. The molecule has 0 saturated heterocycles. The van der Waals surface area contributed by atoms with Gasteiger partial charge in [0.2, 0.25) is 0 Å². The molecule has 1 aromatic rings. The van der Waals surface area contributed by atoms with Gasteiger partial charge in [-0.05, 0) is 0 Å². The maximum absolute atomic E-state index is 11.1. The zero-order valence-corrected chi connectivity index (χ0v) is 7.64. The Kier molecular flexibility index (Phi) is 4.53. The van der Waals surface area contributed by atoms with Crippen molar-refractivity contribution in [3.63, 3.8) is 0 Å². The summed E-state index contributed by atoms with van der Waals surface area (Å²) in [6, 6.07) is 0. The van der Waals surface area contributed by atoms with Crippen LogP contribution in [0.4, 0.5) is 5.82 Å². The van der Waals surface area contributed by atoms with E-state index in [9.17, 15) is 4.79 Å². The highest BCUT2D eigenvalue weighted by Crippen LogP contribution is 1.96. The molecule has 0 bridgehead atoms. The van der Waals surface area contributed by atoms with Crippen molar-refractivity contribution >= 4 is 11.7 Å². The van der Waals surface area contributed by atoms with Crippen molar-refractivity contribution in [1.29, 1.82) is 0 Å². The summed E-state index contributed by atoms with van der Waals surface area (Å²) in [5.74, 6) is 0.146. The molecule has 1 aromatic heterocycles. The van der Waals surface area contributed by atoms with Crippen LogP contribution in [0.25, 0.3) is 0 Å². The first-order valence-electron chi connectivity index (χ1n) is 4.16. The quantitative estimate of drug-likeness (QED) is 0.613. The van der Waals surface area contributed by atoms with Crippen LogP contribution in [0, 0.1) is 0 Å². The second-order valence-corrected chi connectivity index (χ2v) is 2.48. The van der Waals surface area contributed by atoms with Crippen LogP contribution in [0.2, 0.25) is 0 Å². The number of hydrogen-bond acceptors (Lipinski definition) is 5. The molecular formula is C8H12N4O2. The first-order valence-corrected chi connectivity index (χ1v) is 4.16. The molecule has 0 aliphatic rings. The minimum Gasteiger partial charge on any atom is -0.370 e. The van der Waals surface area contributed by atoms with Gasteiger partial charge in [0.1, 0.15) is 6.61 Å². The van der Waals surface area contributed by atoms with E-state index in [1.54, 1.807) is 0 Å². The normalized spacial score (nSPS) is 9.79. The molecular weight excluding hydrogens is 184 g/mol. The number of carbonyl (C=O) groups excluding carboxylic acids is 1. The molecule has 3 N–H and O–H groups in total. The van der Waals surface area contributed by atoms with Crippen LogP contribution < -0.4 is 11.1 Å². The first-order chi connectivity index (χ1) is 6.83. The van der Waals surface area contributed by atoms with Gasteiger partial charge in [0, 0.05) is 18.9 Å². The SMILES string of the molecule is NCCOCC(=O)Nc1cnccn1. The Hall–Kier alpha value is -1.53. The maximum Gasteiger partial charge on any atom is 0.251 e. The van der Waals surface area contributed by atoms with Crippen molar-refractivity contribution in [3.8, 4) is 0 Å². The second kappa shape index (κ2) is 6.01. The number of amides is 1. The number of nitrogens with one attached hydrogen (secondary N) is 1. The summed E-state index contributed by atoms with van der Waals surface area (Å²) in [4.78, 5) is 18.8. The van der Waals surface area contributed by atoms with Gasteiger partial charge >= 0.3 is 0 Å². The molecule has 0 saturated carbocycles. The lowest BCUT2D eigenvalue weighted by atomic mass is 10.6. The molecule has 6 nitrogen and oxygen atoms in total. The van der Waals surface area contributed by atoms with E-state index in [0.29, 0.717) is 19.0 Å². The number of nitrogens with zero attached hydrogens (tertiary/aromatic N) is 2. The predicted molar refractivity (Wildman–Crippen MR) is 50.5 cm³/mol. The second-order valence-electron chi connectivity index (χ2n) is 2.48. The topological polar surface area (TPSA) is 90.1 Å². The Morgan fingerprint density at radius 2 is 2.43 bits per heavy atom. The third kappa shape index (κ3) is 3.92. The molecule has 6 heteroatoms. The number of ether oxygens (including phenoxy) is 1.